The summed E-state index contributed by atoms with van der Waals surface area (Å²) in [6, 6.07) is 10.3. The first-order valence-corrected chi connectivity index (χ1v) is 8.89. The van der Waals surface area contributed by atoms with Crippen molar-refractivity contribution >= 4 is 16.9 Å². The van der Waals surface area contributed by atoms with E-state index >= 15 is 0 Å². The predicted octanol–water partition coefficient (Wildman–Crippen LogP) is 3.90. The number of phenolic OH excluding ortho intramolecular Hbond substituents is 2. The van der Waals surface area contributed by atoms with Crippen LogP contribution in [0, 0.1) is 0 Å². The SMILES string of the molecule is O=C(O)CCCCCOc1oc2cc(O)ccc2c(=O)c1-c1ccc(O)cc1. The molecular weight excluding hydrogens is 364 g/mol. The van der Waals surface area contributed by atoms with Gasteiger partial charge in [0, 0.05) is 12.5 Å². The second kappa shape index (κ2) is 8.47. The minimum Gasteiger partial charge on any atom is -0.508 e. The van der Waals surface area contributed by atoms with Gasteiger partial charge < -0.3 is 24.5 Å². The first-order chi connectivity index (χ1) is 13.5. The lowest BCUT2D eigenvalue weighted by molar-refractivity contribution is -0.137. The molecule has 0 aliphatic carbocycles. The lowest BCUT2D eigenvalue weighted by Gasteiger charge is -2.11. The maximum absolute atomic E-state index is 13.0. The topological polar surface area (TPSA) is 117 Å². The Kier molecular flexibility index (Phi) is 5.84. The number of hydrogen-bond donors (Lipinski definition) is 3. The third kappa shape index (κ3) is 4.43. The zero-order chi connectivity index (χ0) is 20.1. The van der Waals surface area contributed by atoms with Crippen LogP contribution in [-0.2, 0) is 4.79 Å². The number of ether oxygens (including phenoxy) is 1. The molecule has 1 heterocycles. The van der Waals surface area contributed by atoms with Crippen LogP contribution in [0.4, 0.5) is 0 Å². The molecule has 3 rings (SSSR count). The highest BCUT2D eigenvalue weighted by molar-refractivity contribution is 5.84. The highest BCUT2D eigenvalue weighted by Gasteiger charge is 2.18. The predicted molar refractivity (Wildman–Crippen MR) is 103 cm³/mol. The molecule has 3 aromatic rings. The molecule has 0 amide bonds. The summed E-state index contributed by atoms with van der Waals surface area (Å²) in [5.41, 5.74) is 0.646. The Morgan fingerprint density at radius 1 is 0.964 bits per heavy atom. The molecular formula is C21H20O7. The van der Waals surface area contributed by atoms with E-state index in [1.165, 1.54) is 30.3 Å². The monoisotopic (exact) mass is 384 g/mol. The van der Waals surface area contributed by atoms with Crippen LogP contribution < -0.4 is 10.2 Å². The van der Waals surface area contributed by atoms with Crippen molar-refractivity contribution in [1.82, 2.24) is 0 Å². The van der Waals surface area contributed by atoms with Crippen LogP contribution in [0.5, 0.6) is 17.4 Å². The highest BCUT2D eigenvalue weighted by Crippen LogP contribution is 2.32. The number of unbranched alkanes of at least 4 members (excludes halogenated alkanes) is 2. The Morgan fingerprint density at radius 2 is 1.68 bits per heavy atom. The van der Waals surface area contributed by atoms with Gasteiger partial charge in [0.25, 0.3) is 5.95 Å². The van der Waals surface area contributed by atoms with Crippen molar-refractivity contribution in [2.45, 2.75) is 25.7 Å². The maximum atomic E-state index is 13.0. The van der Waals surface area contributed by atoms with Crippen LogP contribution in [0.3, 0.4) is 0 Å². The van der Waals surface area contributed by atoms with Gasteiger partial charge in [0.15, 0.2) is 0 Å². The summed E-state index contributed by atoms with van der Waals surface area (Å²) < 4.78 is 11.4. The Bertz CT molecular complexity index is 1040. The quantitative estimate of drug-likeness (QED) is 0.504. The van der Waals surface area contributed by atoms with Crippen LogP contribution in [0.2, 0.25) is 0 Å². The fraction of sp³-hybridized carbons (Fsp3) is 0.238. The second-order valence-corrected chi connectivity index (χ2v) is 6.37. The van der Waals surface area contributed by atoms with Gasteiger partial charge >= 0.3 is 5.97 Å². The number of rotatable bonds is 8. The van der Waals surface area contributed by atoms with Gasteiger partial charge in [-0.25, -0.2) is 0 Å². The molecule has 146 valence electrons. The van der Waals surface area contributed by atoms with Crippen LogP contribution in [0.25, 0.3) is 22.1 Å². The van der Waals surface area contributed by atoms with E-state index in [1.807, 2.05) is 0 Å². The van der Waals surface area contributed by atoms with Gasteiger partial charge in [-0.3, -0.25) is 9.59 Å². The molecule has 0 atom stereocenters. The minimum absolute atomic E-state index is 0.0204. The zero-order valence-electron chi connectivity index (χ0n) is 15.1. The first-order valence-electron chi connectivity index (χ1n) is 8.89. The average Bonchev–Trinajstić information content (AvgIpc) is 2.65. The molecule has 3 N–H and O–H groups in total. The maximum Gasteiger partial charge on any atom is 0.303 e. The number of carboxylic acid groups (broad SMARTS) is 1. The Morgan fingerprint density at radius 3 is 2.39 bits per heavy atom. The molecule has 0 aliphatic heterocycles. The van der Waals surface area contributed by atoms with Gasteiger partial charge in [0.2, 0.25) is 5.43 Å². The first kappa shape index (κ1) is 19.3. The number of phenols is 2. The molecule has 28 heavy (non-hydrogen) atoms. The summed E-state index contributed by atoms with van der Waals surface area (Å²) >= 11 is 0. The van der Waals surface area contributed by atoms with E-state index in [0.29, 0.717) is 30.2 Å². The molecule has 0 fully saturated rings. The summed E-state index contributed by atoms with van der Waals surface area (Å²) in [5, 5.41) is 28.1. The van der Waals surface area contributed by atoms with E-state index in [2.05, 4.69) is 0 Å². The lowest BCUT2D eigenvalue weighted by Crippen LogP contribution is -2.09. The lowest BCUT2D eigenvalue weighted by atomic mass is 10.0. The van der Waals surface area contributed by atoms with E-state index in [1.54, 1.807) is 12.1 Å². The normalized spacial score (nSPS) is 10.9. The summed E-state index contributed by atoms with van der Waals surface area (Å²) in [4.78, 5) is 23.6. The van der Waals surface area contributed by atoms with E-state index in [0.717, 1.165) is 0 Å². The van der Waals surface area contributed by atoms with Crippen LogP contribution in [0.15, 0.2) is 51.7 Å². The zero-order valence-corrected chi connectivity index (χ0v) is 15.1. The van der Waals surface area contributed by atoms with Gasteiger partial charge in [-0.15, -0.1) is 0 Å². The van der Waals surface area contributed by atoms with Gasteiger partial charge in [0.05, 0.1) is 12.0 Å². The molecule has 0 spiro atoms. The highest BCUT2D eigenvalue weighted by atomic mass is 16.6. The van der Waals surface area contributed by atoms with Crippen LogP contribution in [-0.4, -0.2) is 27.9 Å². The number of aliphatic carboxylic acids is 1. The third-order valence-corrected chi connectivity index (χ3v) is 4.27. The molecule has 2 aromatic carbocycles. The van der Waals surface area contributed by atoms with E-state index in [9.17, 15) is 19.8 Å². The number of carboxylic acids is 1. The summed E-state index contributed by atoms with van der Waals surface area (Å²) in [5.74, 6) is -0.782. The number of benzene rings is 2. The molecule has 0 radical (unpaired) electrons. The van der Waals surface area contributed by atoms with Crippen molar-refractivity contribution in [3.63, 3.8) is 0 Å². The third-order valence-electron chi connectivity index (χ3n) is 4.27. The molecule has 7 heteroatoms. The Labute approximate surface area is 160 Å². The van der Waals surface area contributed by atoms with E-state index in [-0.39, 0.29) is 47.0 Å². The number of carbonyl (C=O) groups is 1. The van der Waals surface area contributed by atoms with Crippen molar-refractivity contribution in [3.05, 3.63) is 52.7 Å². The molecule has 0 aliphatic rings. The molecule has 0 saturated heterocycles. The van der Waals surface area contributed by atoms with Gasteiger partial charge in [-0.2, -0.15) is 0 Å². The Balaban J connectivity index is 1.92. The number of fused-ring (bicyclic) bond motifs is 1. The van der Waals surface area contributed by atoms with E-state index < -0.39 is 5.97 Å². The van der Waals surface area contributed by atoms with Crippen molar-refractivity contribution < 1.29 is 29.3 Å². The summed E-state index contributed by atoms with van der Waals surface area (Å²) in [6.45, 7) is 0.248. The minimum atomic E-state index is -0.837. The summed E-state index contributed by atoms with van der Waals surface area (Å²) in [7, 11) is 0. The summed E-state index contributed by atoms with van der Waals surface area (Å²) in [6.07, 6.45) is 1.91. The fourth-order valence-electron chi connectivity index (χ4n) is 2.86. The van der Waals surface area contributed by atoms with E-state index in [4.69, 9.17) is 14.3 Å². The van der Waals surface area contributed by atoms with Gasteiger partial charge in [-0.1, -0.05) is 12.1 Å². The standard InChI is InChI=1S/C21H20O7/c22-14-7-5-13(6-8-14)19-20(26)16-10-9-15(23)12-17(16)28-21(19)27-11-3-1-2-4-18(24)25/h5-10,12,22-23H,1-4,11H2,(H,24,25). The van der Waals surface area contributed by atoms with Crippen LogP contribution >= 0.6 is 0 Å². The molecule has 0 bridgehead atoms. The van der Waals surface area contributed by atoms with Crippen molar-refractivity contribution in [2.75, 3.05) is 6.61 Å². The second-order valence-electron chi connectivity index (χ2n) is 6.37. The number of hydrogen-bond acceptors (Lipinski definition) is 6. The van der Waals surface area contributed by atoms with Crippen LogP contribution in [0.1, 0.15) is 25.7 Å². The average molecular weight is 384 g/mol. The van der Waals surface area contributed by atoms with Crippen molar-refractivity contribution in [2.24, 2.45) is 0 Å². The molecule has 1 aromatic heterocycles. The molecule has 7 nitrogen and oxygen atoms in total. The van der Waals surface area contributed by atoms with Gasteiger partial charge in [-0.05, 0) is 49.1 Å². The smallest absolute Gasteiger partial charge is 0.303 e. The van der Waals surface area contributed by atoms with Gasteiger partial charge in [0.1, 0.15) is 22.6 Å². The number of aromatic hydroxyl groups is 2. The van der Waals surface area contributed by atoms with Crippen molar-refractivity contribution in [3.8, 4) is 28.6 Å². The largest absolute Gasteiger partial charge is 0.508 e. The Hall–Kier alpha value is -3.48. The fourth-order valence-corrected chi connectivity index (χ4v) is 2.86. The molecule has 0 saturated carbocycles. The molecule has 0 unspecified atom stereocenters. The van der Waals surface area contributed by atoms with Crippen molar-refractivity contribution in [1.29, 1.82) is 0 Å².